The van der Waals surface area contributed by atoms with Gasteiger partial charge >= 0.3 is 6.18 Å². The van der Waals surface area contributed by atoms with Crippen molar-refractivity contribution >= 4 is 11.3 Å². The van der Waals surface area contributed by atoms with E-state index in [1.807, 2.05) is 5.38 Å². The molecule has 1 aromatic heterocycles. The molecule has 0 unspecified atom stereocenters. The highest BCUT2D eigenvalue weighted by Crippen LogP contribution is 2.38. The average Bonchev–Trinajstić information content (AvgIpc) is 2.61. The average molecular weight is 266 g/mol. The number of nitrogens with zero attached hydrogens (tertiary/aromatic N) is 1. The quantitative estimate of drug-likeness (QED) is 0.911. The highest BCUT2D eigenvalue weighted by Gasteiger charge is 2.36. The van der Waals surface area contributed by atoms with Gasteiger partial charge in [-0.25, -0.2) is 4.98 Å². The molecule has 3 nitrogen and oxygen atoms in total. The van der Waals surface area contributed by atoms with Gasteiger partial charge in [0.2, 0.25) is 0 Å². The maximum Gasteiger partial charge on any atom is 0.411 e. The van der Waals surface area contributed by atoms with E-state index in [-0.39, 0.29) is 12.1 Å². The second kappa shape index (κ2) is 4.55. The van der Waals surface area contributed by atoms with Crippen molar-refractivity contribution in [2.45, 2.75) is 37.6 Å². The molecule has 0 aliphatic heterocycles. The van der Waals surface area contributed by atoms with Crippen molar-refractivity contribution in [3.63, 3.8) is 0 Å². The van der Waals surface area contributed by atoms with Crippen molar-refractivity contribution < 1.29 is 17.9 Å². The molecule has 2 N–H and O–H groups in total. The Kier molecular flexibility index (Phi) is 3.42. The first-order chi connectivity index (χ1) is 7.89. The summed E-state index contributed by atoms with van der Waals surface area (Å²) in [4.78, 5) is 4.22. The SMILES string of the molecule is NC1(c2csc(COCC(F)(F)F)n2)CCC1. The minimum absolute atomic E-state index is 0.111. The Morgan fingerprint density at radius 3 is 2.71 bits per heavy atom. The molecule has 0 bridgehead atoms. The van der Waals surface area contributed by atoms with Crippen LogP contribution in [0.4, 0.5) is 13.2 Å². The zero-order valence-electron chi connectivity index (χ0n) is 9.09. The molecule has 0 atom stereocenters. The van der Waals surface area contributed by atoms with Crippen LogP contribution in [0.25, 0.3) is 0 Å². The summed E-state index contributed by atoms with van der Waals surface area (Å²) >= 11 is 1.29. The summed E-state index contributed by atoms with van der Waals surface area (Å²) in [7, 11) is 0. The molecule has 96 valence electrons. The largest absolute Gasteiger partial charge is 0.411 e. The maximum absolute atomic E-state index is 11.9. The lowest BCUT2D eigenvalue weighted by Gasteiger charge is -2.36. The van der Waals surface area contributed by atoms with Gasteiger partial charge < -0.3 is 10.5 Å². The van der Waals surface area contributed by atoms with Crippen LogP contribution >= 0.6 is 11.3 Å². The molecule has 0 radical (unpaired) electrons. The van der Waals surface area contributed by atoms with Crippen LogP contribution in [0.15, 0.2) is 5.38 Å². The molecular formula is C10H13F3N2OS. The molecule has 0 amide bonds. The second-order valence-corrected chi connectivity index (χ2v) is 5.19. The molecule has 1 fully saturated rings. The first-order valence-corrected chi connectivity index (χ1v) is 6.15. The van der Waals surface area contributed by atoms with Crippen LogP contribution in [0.5, 0.6) is 0 Å². The van der Waals surface area contributed by atoms with Gasteiger partial charge in [-0.1, -0.05) is 0 Å². The summed E-state index contributed by atoms with van der Waals surface area (Å²) in [6.07, 6.45) is -1.43. The van der Waals surface area contributed by atoms with Gasteiger partial charge in [0.1, 0.15) is 11.6 Å². The molecule has 0 aromatic carbocycles. The fourth-order valence-electron chi connectivity index (χ4n) is 1.67. The molecule has 1 saturated carbocycles. The van der Waals surface area contributed by atoms with E-state index in [1.54, 1.807) is 0 Å². The molecule has 1 heterocycles. The van der Waals surface area contributed by atoms with Gasteiger partial charge in [0, 0.05) is 5.38 Å². The molecule has 2 rings (SSSR count). The Morgan fingerprint density at radius 2 is 2.18 bits per heavy atom. The van der Waals surface area contributed by atoms with Crippen molar-refractivity contribution in [2.24, 2.45) is 5.73 Å². The summed E-state index contributed by atoms with van der Waals surface area (Å²) in [6, 6.07) is 0. The highest BCUT2D eigenvalue weighted by molar-refractivity contribution is 7.09. The van der Waals surface area contributed by atoms with Gasteiger partial charge in [-0.2, -0.15) is 13.2 Å². The van der Waals surface area contributed by atoms with E-state index in [1.165, 1.54) is 11.3 Å². The van der Waals surface area contributed by atoms with E-state index in [2.05, 4.69) is 9.72 Å². The van der Waals surface area contributed by atoms with Crippen LogP contribution in [-0.4, -0.2) is 17.8 Å². The van der Waals surface area contributed by atoms with Gasteiger partial charge in [-0.05, 0) is 19.3 Å². The minimum atomic E-state index is -4.29. The zero-order valence-corrected chi connectivity index (χ0v) is 9.90. The molecule has 0 saturated heterocycles. The lowest BCUT2D eigenvalue weighted by molar-refractivity contribution is -0.176. The van der Waals surface area contributed by atoms with E-state index in [0.29, 0.717) is 5.01 Å². The molecular weight excluding hydrogens is 253 g/mol. The molecule has 0 spiro atoms. The fraction of sp³-hybridized carbons (Fsp3) is 0.700. The van der Waals surface area contributed by atoms with Crippen molar-refractivity contribution in [1.82, 2.24) is 4.98 Å². The number of hydrogen-bond donors (Lipinski definition) is 1. The van der Waals surface area contributed by atoms with Crippen molar-refractivity contribution in [3.8, 4) is 0 Å². The summed E-state index contributed by atoms with van der Waals surface area (Å²) < 4.78 is 40.1. The number of nitrogens with two attached hydrogens (primary N) is 1. The van der Waals surface area contributed by atoms with E-state index in [9.17, 15) is 13.2 Å². The standard InChI is InChI=1S/C10H13F3N2OS/c11-10(12,13)6-16-4-8-15-7(5-17-8)9(14)2-1-3-9/h5H,1-4,6,14H2. The maximum atomic E-state index is 11.9. The topological polar surface area (TPSA) is 48.1 Å². The lowest BCUT2D eigenvalue weighted by atomic mass is 9.76. The van der Waals surface area contributed by atoms with Crippen molar-refractivity contribution in [3.05, 3.63) is 16.1 Å². The molecule has 1 aliphatic carbocycles. The summed E-state index contributed by atoms with van der Waals surface area (Å²) in [6.45, 7) is -1.35. The number of ether oxygens (including phenoxy) is 1. The van der Waals surface area contributed by atoms with Crippen LogP contribution in [0.2, 0.25) is 0 Å². The van der Waals surface area contributed by atoms with Crippen molar-refractivity contribution in [2.75, 3.05) is 6.61 Å². The van der Waals surface area contributed by atoms with Gasteiger partial charge in [-0.15, -0.1) is 11.3 Å². The van der Waals surface area contributed by atoms with Crippen LogP contribution < -0.4 is 5.73 Å². The number of rotatable bonds is 4. The van der Waals surface area contributed by atoms with Gasteiger partial charge in [0.05, 0.1) is 17.8 Å². The Labute approximate surface area is 101 Å². The van der Waals surface area contributed by atoms with Crippen LogP contribution in [-0.2, 0) is 16.9 Å². The van der Waals surface area contributed by atoms with Crippen molar-refractivity contribution in [1.29, 1.82) is 0 Å². The molecule has 7 heteroatoms. The lowest BCUT2D eigenvalue weighted by Crippen LogP contribution is -2.43. The molecule has 17 heavy (non-hydrogen) atoms. The third-order valence-corrected chi connectivity index (χ3v) is 3.62. The highest BCUT2D eigenvalue weighted by atomic mass is 32.1. The number of hydrogen-bond acceptors (Lipinski definition) is 4. The third kappa shape index (κ3) is 3.17. The fourth-order valence-corrected chi connectivity index (χ4v) is 2.51. The first kappa shape index (κ1) is 12.8. The zero-order chi connectivity index (χ0) is 12.5. The summed E-state index contributed by atoms with van der Waals surface area (Å²) in [5, 5.41) is 2.35. The predicted octanol–water partition coefficient (Wildman–Crippen LogP) is 2.56. The Balaban J connectivity index is 1.86. The predicted molar refractivity (Wildman–Crippen MR) is 57.5 cm³/mol. The summed E-state index contributed by atoms with van der Waals surface area (Å²) in [5.74, 6) is 0. The smallest absolute Gasteiger partial charge is 0.365 e. The van der Waals surface area contributed by atoms with Gasteiger partial charge in [0.25, 0.3) is 0 Å². The van der Waals surface area contributed by atoms with Crippen LogP contribution in [0.3, 0.4) is 0 Å². The van der Waals surface area contributed by atoms with E-state index in [0.717, 1.165) is 25.0 Å². The molecule has 1 aromatic rings. The number of aromatic nitrogens is 1. The number of thiazole rings is 1. The Hall–Kier alpha value is -0.660. The van der Waals surface area contributed by atoms with Crippen LogP contribution in [0.1, 0.15) is 30.0 Å². The minimum Gasteiger partial charge on any atom is -0.365 e. The normalized spacial score (nSPS) is 19.1. The second-order valence-electron chi connectivity index (χ2n) is 4.24. The summed E-state index contributed by atoms with van der Waals surface area (Å²) in [5.41, 5.74) is 6.47. The first-order valence-electron chi connectivity index (χ1n) is 5.27. The van der Waals surface area contributed by atoms with Crippen LogP contribution in [0, 0.1) is 0 Å². The van der Waals surface area contributed by atoms with E-state index < -0.39 is 12.8 Å². The number of alkyl halides is 3. The number of halogens is 3. The van der Waals surface area contributed by atoms with Gasteiger partial charge in [-0.3, -0.25) is 0 Å². The van der Waals surface area contributed by atoms with E-state index in [4.69, 9.17) is 5.73 Å². The molecule has 1 aliphatic rings. The monoisotopic (exact) mass is 266 g/mol. The van der Waals surface area contributed by atoms with E-state index >= 15 is 0 Å². The third-order valence-electron chi connectivity index (χ3n) is 2.80. The van der Waals surface area contributed by atoms with Gasteiger partial charge in [0.15, 0.2) is 0 Å². The Bertz CT molecular complexity index is 387. The Morgan fingerprint density at radius 1 is 1.47 bits per heavy atom.